The van der Waals surface area contributed by atoms with Crippen LogP contribution >= 0.6 is 11.6 Å². The Morgan fingerprint density at radius 1 is 1.14 bits per heavy atom. The van der Waals surface area contributed by atoms with Crippen molar-refractivity contribution >= 4 is 29.0 Å². The van der Waals surface area contributed by atoms with Crippen LogP contribution in [0.2, 0.25) is 5.02 Å². The lowest BCUT2D eigenvalue weighted by molar-refractivity contribution is -0.317. The number of nitrogens with zero attached hydrogens (tertiary/aromatic N) is 4. The van der Waals surface area contributed by atoms with Crippen molar-refractivity contribution in [1.29, 1.82) is 0 Å². The maximum absolute atomic E-state index is 15.3. The van der Waals surface area contributed by atoms with Crippen LogP contribution in [0.3, 0.4) is 0 Å². The molecule has 226 valence electrons. The number of benzene rings is 2. The van der Waals surface area contributed by atoms with E-state index in [4.69, 9.17) is 32.0 Å². The fourth-order valence-electron chi connectivity index (χ4n) is 5.98. The van der Waals surface area contributed by atoms with Crippen molar-refractivity contribution in [3.63, 3.8) is 0 Å². The van der Waals surface area contributed by atoms with Crippen LogP contribution in [0.5, 0.6) is 5.75 Å². The van der Waals surface area contributed by atoms with Gasteiger partial charge in [-0.05, 0) is 74.4 Å². The van der Waals surface area contributed by atoms with Crippen molar-refractivity contribution in [1.82, 2.24) is 9.97 Å². The molecule has 2 atom stereocenters. The number of hydrogen-bond acceptors (Lipinski definition) is 7. The van der Waals surface area contributed by atoms with Gasteiger partial charge in [-0.15, -0.1) is 5.76 Å². The molecule has 0 radical (unpaired) electrons. The quantitative estimate of drug-likeness (QED) is 0.260. The third-order valence-corrected chi connectivity index (χ3v) is 8.60. The summed E-state index contributed by atoms with van der Waals surface area (Å²) < 4.78 is 35.9. The molecule has 0 saturated heterocycles. The summed E-state index contributed by atoms with van der Waals surface area (Å²) in [6.45, 7) is 2.17. The van der Waals surface area contributed by atoms with Crippen molar-refractivity contribution < 1.29 is 18.6 Å². The highest BCUT2D eigenvalue weighted by Crippen LogP contribution is 2.37. The van der Waals surface area contributed by atoms with E-state index in [1.165, 1.54) is 25.3 Å². The Hall–Kier alpha value is -4.21. The summed E-state index contributed by atoms with van der Waals surface area (Å²) in [4.78, 5) is 18.3. The van der Waals surface area contributed by atoms with E-state index in [9.17, 15) is 5.11 Å². The van der Waals surface area contributed by atoms with Crippen molar-refractivity contribution in [3.8, 4) is 17.0 Å². The molecule has 0 amide bonds. The van der Waals surface area contributed by atoms with Crippen molar-refractivity contribution in [2.45, 2.75) is 51.1 Å². The Labute approximate surface area is 259 Å². The van der Waals surface area contributed by atoms with Crippen LogP contribution in [0, 0.1) is 11.7 Å². The van der Waals surface area contributed by atoms with E-state index in [1.807, 2.05) is 6.92 Å². The number of methoxy groups -OCH3 is 1. The van der Waals surface area contributed by atoms with E-state index < -0.39 is 11.6 Å². The van der Waals surface area contributed by atoms with Gasteiger partial charge in [0.25, 0.3) is 0 Å². The lowest BCUT2D eigenvalue weighted by Crippen LogP contribution is -2.35. The van der Waals surface area contributed by atoms with Crippen molar-refractivity contribution in [2.75, 3.05) is 7.11 Å². The van der Waals surface area contributed by atoms with Crippen LogP contribution in [-0.4, -0.2) is 34.0 Å². The molecule has 2 heterocycles. The fourth-order valence-corrected chi connectivity index (χ4v) is 6.16. The number of rotatable bonds is 4. The molecule has 3 aliphatic rings. The summed E-state index contributed by atoms with van der Waals surface area (Å²) in [7, 11) is 1.47. The largest absolute Gasteiger partial charge is 0.875 e. The van der Waals surface area contributed by atoms with Gasteiger partial charge in [-0.2, -0.15) is 0 Å². The molecular weight excluding hydrogens is 584 g/mol. The van der Waals surface area contributed by atoms with Gasteiger partial charge in [-0.3, -0.25) is 4.99 Å². The van der Waals surface area contributed by atoms with E-state index in [2.05, 4.69) is 9.98 Å². The third kappa shape index (κ3) is 5.94. The highest BCUT2D eigenvalue weighted by atomic mass is 35.5. The molecule has 0 bridgehead atoms. The molecule has 44 heavy (non-hydrogen) atoms. The lowest BCUT2D eigenvalue weighted by atomic mass is 9.91. The Kier molecular flexibility index (Phi) is 8.18. The molecule has 7 nitrogen and oxygen atoms in total. The highest BCUT2D eigenvalue weighted by molar-refractivity contribution is 6.31. The first-order valence-electron chi connectivity index (χ1n) is 14.5. The highest BCUT2D eigenvalue weighted by Gasteiger charge is 2.27. The first kappa shape index (κ1) is 29.8. The number of halogens is 3. The maximum atomic E-state index is 15.3. The first-order chi connectivity index (χ1) is 21.1. The molecule has 6 rings (SSSR count). The van der Waals surface area contributed by atoms with Crippen LogP contribution in [-0.2, 0) is 6.54 Å². The topological polar surface area (TPSA) is 109 Å². The van der Waals surface area contributed by atoms with Crippen LogP contribution in [0.1, 0.15) is 55.7 Å². The molecule has 10 heteroatoms. The van der Waals surface area contributed by atoms with E-state index in [1.54, 1.807) is 42.6 Å². The second-order valence-corrected chi connectivity index (χ2v) is 12.1. The molecule has 1 fully saturated rings. The normalized spacial score (nSPS) is 23.6. The summed E-state index contributed by atoms with van der Waals surface area (Å²) in [6.07, 6.45) is 9.65. The number of aliphatic imine (C=N–C) groups is 2. The summed E-state index contributed by atoms with van der Waals surface area (Å²) in [6, 6.07) is 9.82. The Balaban J connectivity index is 1.34. The van der Waals surface area contributed by atoms with E-state index >= 15 is 8.78 Å². The first-order valence-corrected chi connectivity index (χ1v) is 14.9. The van der Waals surface area contributed by atoms with Gasteiger partial charge in [-0.1, -0.05) is 36.2 Å². The lowest BCUT2D eigenvalue weighted by Gasteiger charge is -2.27. The van der Waals surface area contributed by atoms with Gasteiger partial charge in [0, 0.05) is 39.5 Å². The minimum Gasteiger partial charge on any atom is -0.875 e. The van der Waals surface area contributed by atoms with E-state index in [0.717, 1.165) is 19.3 Å². The molecular formula is C34H31ClF2N5O2-. The van der Waals surface area contributed by atoms with Gasteiger partial charge >= 0.3 is 0 Å². The summed E-state index contributed by atoms with van der Waals surface area (Å²) >= 11 is 6.39. The standard InChI is InChI=1S/C34H32ClF2N5O2/c1-34(38)13-4-5-19(12-14-34)32(43)24-11-9-22(16-27(24)37)41-33-40-18-20-17-39-31(29-26(36)6-3-7-28(29)44-2)25-15-21(35)8-10-23(25)30(20)42-33/h3,6-11,15-16,18-19,43H,4-5,12-14,17,38H2,1-2H3/p-1/t19-,34?/m1/s1. The maximum Gasteiger partial charge on any atom is 0.250 e. The smallest absolute Gasteiger partial charge is 0.250 e. The Morgan fingerprint density at radius 2 is 1.98 bits per heavy atom. The summed E-state index contributed by atoms with van der Waals surface area (Å²) in [5.41, 5.74) is 9.40. The van der Waals surface area contributed by atoms with Crippen molar-refractivity contribution in [3.05, 3.63) is 106 Å². The Morgan fingerprint density at radius 3 is 2.77 bits per heavy atom. The molecule has 1 saturated carbocycles. The second-order valence-electron chi connectivity index (χ2n) is 11.6. The van der Waals surface area contributed by atoms with Gasteiger partial charge in [-0.25, -0.2) is 23.7 Å². The summed E-state index contributed by atoms with van der Waals surface area (Å²) in [5.74, 6) is -1.14. The van der Waals surface area contributed by atoms with Gasteiger partial charge in [0.05, 0.1) is 36.3 Å². The number of fused-ring (bicyclic) bond motifs is 3. The number of nitrogens with two attached hydrogens (primary N) is 1. The van der Waals surface area contributed by atoms with Crippen LogP contribution < -0.4 is 15.6 Å². The van der Waals surface area contributed by atoms with E-state index in [0.29, 0.717) is 51.7 Å². The van der Waals surface area contributed by atoms with Crippen LogP contribution in [0.4, 0.5) is 14.7 Å². The van der Waals surface area contributed by atoms with E-state index in [-0.39, 0.29) is 46.6 Å². The minimum absolute atomic E-state index is 0.0523. The minimum atomic E-state index is -0.636. The van der Waals surface area contributed by atoms with Gasteiger partial charge < -0.3 is 15.6 Å². The van der Waals surface area contributed by atoms with Gasteiger partial charge in [0.2, 0.25) is 5.95 Å². The predicted molar refractivity (Wildman–Crippen MR) is 166 cm³/mol. The molecule has 3 aromatic rings. The van der Waals surface area contributed by atoms with Crippen LogP contribution in [0.15, 0.2) is 88.0 Å². The monoisotopic (exact) mass is 614 g/mol. The third-order valence-electron chi connectivity index (χ3n) is 8.37. The zero-order valence-corrected chi connectivity index (χ0v) is 25.2. The Bertz CT molecular complexity index is 1790. The van der Waals surface area contributed by atoms with Crippen LogP contribution in [0.25, 0.3) is 11.3 Å². The zero-order valence-electron chi connectivity index (χ0n) is 24.4. The zero-order chi connectivity index (χ0) is 31.0. The molecule has 2 aliphatic carbocycles. The second kappa shape index (κ2) is 12.1. The number of hydrogen-bond donors (Lipinski definition) is 1. The number of aromatic nitrogens is 2. The fraction of sp³-hybridized carbons (Fsp3) is 0.294. The molecule has 2 aromatic carbocycles. The SMILES string of the molecule is COc1cccc(F)c1C1=NCc2cnc(N=C3C=CC(=C([O-])[C@@H]4CCCC(C)(N)CC4)C(F)=C3)nc2-c2ccc(Cl)cc21. The summed E-state index contributed by atoms with van der Waals surface area (Å²) in [5, 5.41) is 13.6. The van der Waals surface area contributed by atoms with Gasteiger partial charge in [0.1, 0.15) is 17.4 Å². The number of allylic oxidation sites excluding steroid dienone is 6. The predicted octanol–water partition coefficient (Wildman–Crippen LogP) is 6.70. The molecule has 0 spiro atoms. The molecule has 1 unspecified atom stereocenters. The number of ether oxygens (including phenoxy) is 1. The molecule has 1 aromatic heterocycles. The molecule has 1 aliphatic heterocycles. The average Bonchev–Trinajstić information content (AvgIpc) is 3.27. The average molecular weight is 615 g/mol. The molecule has 2 N–H and O–H groups in total. The van der Waals surface area contributed by atoms with Gasteiger partial charge in [0.15, 0.2) is 0 Å². The van der Waals surface area contributed by atoms with Crippen molar-refractivity contribution in [2.24, 2.45) is 21.6 Å².